The van der Waals surface area contributed by atoms with Gasteiger partial charge in [0.05, 0.1) is 0 Å². The van der Waals surface area contributed by atoms with Gasteiger partial charge in [0.25, 0.3) is 0 Å². The molecule has 0 heterocycles. The van der Waals surface area contributed by atoms with E-state index in [2.05, 4.69) is 5.32 Å². The van der Waals surface area contributed by atoms with Crippen molar-refractivity contribution in [2.24, 2.45) is 0 Å². The molecule has 0 aliphatic carbocycles. The fourth-order valence-corrected chi connectivity index (χ4v) is 3.24. The Morgan fingerprint density at radius 3 is 1.44 bits per heavy atom. The lowest BCUT2D eigenvalue weighted by Crippen LogP contribution is -2.23. The van der Waals surface area contributed by atoms with Gasteiger partial charge >= 0.3 is 5.97 Å². The molecule has 0 fully saturated rings. The van der Waals surface area contributed by atoms with Gasteiger partial charge in [-0.3, -0.25) is 9.59 Å². The maximum atomic E-state index is 11.7. The Morgan fingerprint density at radius 2 is 0.963 bits per heavy atom. The number of aliphatic hydroxyl groups excluding tert-OH is 1. The Labute approximate surface area is 166 Å². The van der Waals surface area contributed by atoms with Crippen LogP contribution in [0.5, 0.6) is 0 Å². The van der Waals surface area contributed by atoms with E-state index in [1.807, 2.05) is 0 Å². The summed E-state index contributed by atoms with van der Waals surface area (Å²) < 4.78 is 0. The summed E-state index contributed by atoms with van der Waals surface area (Å²) in [5, 5.41) is 20.2. The number of aliphatic carboxylic acids is 1. The first-order valence-electron chi connectivity index (χ1n) is 11.3. The summed E-state index contributed by atoms with van der Waals surface area (Å²) >= 11 is 0. The molecule has 1 amide bonds. The maximum absolute atomic E-state index is 11.7. The van der Waals surface area contributed by atoms with E-state index in [0.29, 0.717) is 26.0 Å². The minimum absolute atomic E-state index is 0.132. The molecule has 0 rings (SSSR count). The van der Waals surface area contributed by atoms with Crippen LogP contribution in [0.3, 0.4) is 0 Å². The van der Waals surface area contributed by atoms with Gasteiger partial charge in [-0.25, -0.2) is 0 Å². The molecule has 0 aromatic rings. The molecule has 0 saturated heterocycles. The second kappa shape index (κ2) is 21.2. The molecule has 0 aliphatic rings. The number of hydrogen-bond donors (Lipinski definition) is 3. The quantitative estimate of drug-likeness (QED) is 0.237. The lowest BCUT2D eigenvalue weighted by Gasteiger charge is -2.05. The van der Waals surface area contributed by atoms with Crippen molar-refractivity contribution in [2.75, 3.05) is 13.2 Å². The van der Waals surface area contributed by atoms with Crippen LogP contribution in [0.2, 0.25) is 0 Å². The van der Waals surface area contributed by atoms with Crippen molar-refractivity contribution in [3.8, 4) is 0 Å². The number of unbranched alkanes of at least 4 members (excludes halogenated alkanes) is 14. The molecule has 27 heavy (non-hydrogen) atoms. The van der Waals surface area contributed by atoms with E-state index in [9.17, 15) is 9.59 Å². The Hall–Kier alpha value is -1.10. The van der Waals surface area contributed by atoms with E-state index in [1.54, 1.807) is 0 Å². The third-order valence-corrected chi connectivity index (χ3v) is 4.95. The molecule has 0 aliphatic heterocycles. The number of amides is 1. The molecular formula is C22H43NO4. The van der Waals surface area contributed by atoms with E-state index < -0.39 is 5.97 Å². The van der Waals surface area contributed by atoms with Crippen LogP contribution in [0.25, 0.3) is 0 Å². The first-order chi connectivity index (χ1) is 13.2. The van der Waals surface area contributed by atoms with Crippen LogP contribution in [-0.2, 0) is 9.59 Å². The molecule has 160 valence electrons. The van der Waals surface area contributed by atoms with Gasteiger partial charge in [-0.1, -0.05) is 77.0 Å². The van der Waals surface area contributed by atoms with Gasteiger partial charge < -0.3 is 15.5 Å². The Kier molecular flexibility index (Phi) is 20.3. The zero-order valence-corrected chi connectivity index (χ0v) is 17.4. The van der Waals surface area contributed by atoms with E-state index >= 15 is 0 Å². The zero-order chi connectivity index (χ0) is 20.0. The number of carbonyl (C=O) groups excluding carboxylic acids is 1. The minimum Gasteiger partial charge on any atom is -0.481 e. The first kappa shape index (κ1) is 25.9. The van der Waals surface area contributed by atoms with Crippen LogP contribution >= 0.6 is 0 Å². The molecule has 0 spiro atoms. The van der Waals surface area contributed by atoms with Crippen molar-refractivity contribution in [3.63, 3.8) is 0 Å². The van der Waals surface area contributed by atoms with E-state index in [4.69, 9.17) is 10.2 Å². The summed E-state index contributed by atoms with van der Waals surface area (Å²) in [4.78, 5) is 22.1. The zero-order valence-electron chi connectivity index (χ0n) is 17.4. The summed E-state index contributed by atoms with van der Waals surface area (Å²) in [5.74, 6) is -0.614. The molecule has 3 N–H and O–H groups in total. The standard InChI is InChI=1S/C22H43NO4/c24-20-16-11-9-7-5-3-1-2-4-6-8-10-13-17-21(25)23-19-15-12-14-18-22(26)27/h24H,1-20H2,(H,23,25)(H,26,27). The highest BCUT2D eigenvalue weighted by molar-refractivity contribution is 5.75. The van der Waals surface area contributed by atoms with Gasteiger partial charge in [-0.2, -0.15) is 0 Å². The van der Waals surface area contributed by atoms with Gasteiger partial charge in [0.1, 0.15) is 0 Å². The number of nitrogens with one attached hydrogen (secondary N) is 1. The number of carboxylic acid groups (broad SMARTS) is 1. The van der Waals surface area contributed by atoms with Crippen LogP contribution in [0, 0.1) is 0 Å². The Bertz CT molecular complexity index is 347. The van der Waals surface area contributed by atoms with Crippen LogP contribution in [0.15, 0.2) is 0 Å². The van der Waals surface area contributed by atoms with Gasteiger partial charge in [0, 0.05) is 26.0 Å². The smallest absolute Gasteiger partial charge is 0.303 e. The van der Waals surface area contributed by atoms with Crippen molar-refractivity contribution in [3.05, 3.63) is 0 Å². The van der Waals surface area contributed by atoms with Crippen LogP contribution in [0.1, 0.15) is 116 Å². The van der Waals surface area contributed by atoms with Crippen molar-refractivity contribution in [2.45, 2.75) is 116 Å². The topological polar surface area (TPSA) is 86.6 Å². The van der Waals surface area contributed by atoms with E-state index in [-0.39, 0.29) is 12.3 Å². The third-order valence-electron chi connectivity index (χ3n) is 4.95. The molecule has 0 radical (unpaired) electrons. The second-order valence-corrected chi connectivity index (χ2v) is 7.62. The highest BCUT2D eigenvalue weighted by Gasteiger charge is 2.01. The molecule has 0 bridgehead atoms. The Balaban J connectivity index is 3.14. The molecule has 0 unspecified atom stereocenters. The molecular weight excluding hydrogens is 342 g/mol. The Morgan fingerprint density at radius 1 is 0.556 bits per heavy atom. The van der Waals surface area contributed by atoms with Crippen LogP contribution in [-0.4, -0.2) is 35.2 Å². The fourth-order valence-electron chi connectivity index (χ4n) is 3.24. The number of carbonyl (C=O) groups is 2. The largest absolute Gasteiger partial charge is 0.481 e. The maximum Gasteiger partial charge on any atom is 0.303 e. The normalized spacial score (nSPS) is 10.9. The fraction of sp³-hybridized carbons (Fsp3) is 0.909. The van der Waals surface area contributed by atoms with Crippen LogP contribution < -0.4 is 5.32 Å². The molecule has 0 atom stereocenters. The average Bonchev–Trinajstić information content (AvgIpc) is 2.64. The molecule has 0 aromatic carbocycles. The number of rotatable bonds is 21. The predicted octanol–water partition coefficient (Wildman–Crippen LogP) is 5.20. The number of hydrogen-bond acceptors (Lipinski definition) is 3. The van der Waals surface area contributed by atoms with E-state index in [0.717, 1.165) is 32.1 Å². The summed E-state index contributed by atoms with van der Waals surface area (Å²) in [6, 6.07) is 0. The summed E-state index contributed by atoms with van der Waals surface area (Å²) in [7, 11) is 0. The second-order valence-electron chi connectivity index (χ2n) is 7.62. The van der Waals surface area contributed by atoms with Gasteiger partial charge in [0.2, 0.25) is 5.91 Å². The SMILES string of the molecule is O=C(O)CCCCCNC(=O)CCCCCCCCCCCCCCCO. The van der Waals surface area contributed by atoms with Crippen LogP contribution in [0.4, 0.5) is 0 Å². The summed E-state index contributed by atoms with van der Waals surface area (Å²) in [6.07, 6.45) is 19.2. The lowest BCUT2D eigenvalue weighted by atomic mass is 10.0. The summed E-state index contributed by atoms with van der Waals surface area (Å²) in [5.41, 5.74) is 0. The highest BCUT2D eigenvalue weighted by Crippen LogP contribution is 2.13. The van der Waals surface area contributed by atoms with Gasteiger partial charge in [0.15, 0.2) is 0 Å². The van der Waals surface area contributed by atoms with Crippen molar-refractivity contribution in [1.29, 1.82) is 0 Å². The lowest BCUT2D eigenvalue weighted by molar-refractivity contribution is -0.137. The molecule has 0 aromatic heterocycles. The molecule has 5 heteroatoms. The number of carboxylic acids is 1. The van der Waals surface area contributed by atoms with Crippen molar-refractivity contribution >= 4 is 11.9 Å². The van der Waals surface area contributed by atoms with Crippen molar-refractivity contribution in [1.82, 2.24) is 5.32 Å². The highest BCUT2D eigenvalue weighted by atomic mass is 16.4. The number of aliphatic hydroxyl groups is 1. The molecule has 0 saturated carbocycles. The van der Waals surface area contributed by atoms with Gasteiger partial charge in [-0.05, 0) is 25.7 Å². The minimum atomic E-state index is -0.746. The van der Waals surface area contributed by atoms with Gasteiger partial charge in [-0.15, -0.1) is 0 Å². The summed E-state index contributed by atoms with van der Waals surface area (Å²) in [6.45, 7) is 1.00. The monoisotopic (exact) mass is 385 g/mol. The first-order valence-corrected chi connectivity index (χ1v) is 11.3. The third kappa shape index (κ3) is 22.9. The molecule has 5 nitrogen and oxygen atoms in total. The average molecular weight is 386 g/mol. The van der Waals surface area contributed by atoms with Crippen molar-refractivity contribution < 1.29 is 19.8 Å². The predicted molar refractivity (Wildman–Crippen MR) is 111 cm³/mol. The van der Waals surface area contributed by atoms with E-state index in [1.165, 1.54) is 64.2 Å².